The Labute approximate surface area is 144 Å². The standard InChI is InChI=1S/C17H19N3O3S/c1-13(21)14-2-4-15(5-3-14)23-12-16(22)19-7-9-20(10-8-19)17-18-6-11-24-17/h2-6,11H,7-10,12H2,1H3. The highest BCUT2D eigenvalue weighted by Crippen LogP contribution is 2.19. The Morgan fingerprint density at radius 2 is 1.88 bits per heavy atom. The summed E-state index contributed by atoms with van der Waals surface area (Å²) in [7, 11) is 0. The van der Waals surface area contributed by atoms with Gasteiger partial charge in [-0.05, 0) is 31.2 Å². The van der Waals surface area contributed by atoms with E-state index in [0.717, 1.165) is 18.2 Å². The Morgan fingerprint density at radius 3 is 2.46 bits per heavy atom. The number of rotatable bonds is 5. The summed E-state index contributed by atoms with van der Waals surface area (Å²) in [5, 5.41) is 2.96. The van der Waals surface area contributed by atoms with Crippen LogP contribution in [0, 0.1) is 0 Å². The first-order valence-corrected chi connectivity index (χ1v) is 8.67. The maximum atomic E-state index is 12.3. The van der Waals surface area contributed by atoms with Gasteiger partial charge in [0.2, 0.25) is 0 Å². The molecule has 1 amide bonds. The zero-order valence-corrected chi connectivity index (χ0v) is 14.3. The van der Waals surface area contributed by atoms with Gasteiger partial charge in [-0.3, -0.25) is 9.59 Å². The fourth-order valence-electron chi connectivity index (χ4n) is 2.54. The fraction of sp³-hybridized carbons (Fsp3) is 0.353. The lowest BCUT2D eigenvalue weighted by Gasteiger charge is -2.34. The summed E-state index contributed by atoms with van der Waals surface area (Å²) in [4.78, 5) is 31.8. The summed E-state index contributed by atoms with van der Waals surface area (Å²) in [5.41, 5.74) is 0.631. The Morgan fingerprint density at radius 1 is 1.17 bits per heavy atom. The van der Waals surface area contributed by atoms with Crippen LogP contribution >= 0.6 is 11.3 Å². The number of Topliss-reactive ketones (excluding diaryl/α,β-unsaturated/α-hetero) is 1. The molecule has 0 bridgehead atoms. The molecule has 7 heteroatoms. The van der Waals surface area contributed by atoms with Gasteiger partial charge in [-0.2, -0.15) is 0 Å². The number of anilines is 1. The van der Waals surface area contributed by atoms with Crippen molar-refractivity contribution < 1.29 is 14.3 Å². The van der Waals surface area contributed by atoms with Gasteiger partial charge in [-0.15, -0.1) is 11.3 Å². The molecule has 0 unspecified atom stereocenters. The molecule has 1 aliphatic heterocycles. The second kappa shape index (κ2) is 7.44. The molecule has 0 aliphatic carbocycles. The van der Waals surface area contributed by atoms with E-state index in [0.29, 0.717) is 24.4 Å². The van der Waals surface area contributed by atoms with Gasteiger partial charge in [0, 0.05) is 43.3 Å². The van der Waals surface area contributed by atoms with E-state index in [1.165, 1.54) is 6.92 Å². The third-order valence-corrected chi connectivity index (χ3v) is 4.78. The van der Waals surface area contributed by atoms with Crippen molar-refractivity contribution in [1.29, 1.82) is 0 Å². The summed E-state index contributed by atoms with van der Waals surface area (Å²) in [6.07, 6.45) is 1.79. The highest BCUT2D eigenvalue weighted by molar-refractivity contribution is 7.13. The Balaban J connectivity index is 1.46. The molecule has 3 rings (SSSR count). The lowest BCUT2D eigenvalue weighted by Crippen LogP contribution is -2.50. The first kappa shape index (κ1) is 16.4. The van der Waals surface area contributed by atoms with Crippen LogP contribution < -0.4 is 9.64 Å². The van der Waals surface area contributed by atoms with Crippen molar-refractivity contribution in [2.75, 3.05) is 37.7 Å². The van der Waals surface area contributed by atoms with Gasteiger partial charge in [-0.1, -0.05) is 0 Å². The predicted molar refractivity (Wildman–Crippen MR) is 92.8 cm³/mol. The van der Waals surface area contributed by atoms with Crippen LogP contribution in [0.3, 0.4) is 0 Å². The smallest absolute Gasteiger partial charge is 0.260 e. The van der Waals surface area contributed by atoms with Crippen LogP contribution in [0.25, 0.3) is 0 Å². The normalized spacial score (nSPS) is 14.5. The van der Waals surface area contributed by atoms with Gasteiger partial charge >= 0.3 is 0 Å². The summed E-state index contributed by atoms with van der Waals surface area (Å²) >= 11 is 1.61. The van der Waals surface area contributed by atoms with Crippen molar-refractivity contribution in [3.63, 3.8) is 0 Å². The zero-order chi connectivity index (χ0) is 16.9. The van der Waals surface area contributed by atoms with Crippen molar-refractivity contribution in [1.82, 2.24) is 9.88 Å². The highest BCUT2D eigenvalue weighted by Gasteiger charge is 2.22. The van der Waals surface area contributed by atoms with Crippen LogP contribution in [0.1, 0.15) is 17.3 Å². The van der Waals surface area contributed by atoms with Crippen LogP contribution in [-0.4, -0.2) is 54.4 Å². The number of hydrogen-bond acceptors (Lipinski definition) is 6. The summed E-state index contributed by atoms with van der Waals surface area (Å²) in [6.45, 7) is 4.44. The second-order valence-corrected chi connectivity index (χ2v) is 6.42. The number of ether oxygens (including phenoxy) is 1. The van der Waals surface area contributed by atoms with E-state index in [2.05, 4.69) is 9.88 Å². The quantitative estimate of drug-likeness (QED) is 0.777. The van der Waals surface area contributed by atoms with Gasteiger partial charge in [-0.25, -0.2) is 4.98 Å². The third kappa shape index (κ3) is 3.91. The minimum Gasteiger partial charge on any atom is -0.484 e. The number of thiazole rings is 1. The maximum absolute atomic E-state index is 12.3. The van der Waals surface area contributed by atoms with E-state index in [1.807, 2.05) is 10.3 Å². The minimum absolute atomic E-state index is 0.00993. The number of aromatic nitrogens is 1. The molecule has 6 nitrogen and oxygen atoms in total. The number of carbonyl (C=O) groups is 2. The minimum atomic E-state index is -0.0237. The van der Waals surface area contributed by atoms with Crippen LogP contribution in [0.5, 0.6) is 5.75 Å². The van der Waals surface area contributed by atoms with Crippen molar-refractivity contribution in [3.05, 3.63) is 41.4 Å². The molecule has 0 spiro atoms. The first-order valence-electron chi connectivity index (χ1n) is 7.79. The van der Waals surface area contributed by atoms with Crippen LogP contribution in [0.4, 0.5) is 5.13 Å². The van der Waals surface area contributed by atoms with Crippen molar-refractivity contribution in [2.45, 2.75) is 6.92 Å². The number of carbonyl (C=O) groups excluding carboxylic acids is 2. The van der Waals surface area contributed by atoms with E-state index < -0.39 is 0 Å². The zero-order valence-electron chi connectivity index (χ0n) is 13.5. The summed E-state index contributed by atoms with van der Waals surface area (Å²) < 4.78 is 5.53. The Hall–Kier alpha value is -2.41. The van der Waals surface area contributed by atoms with Crippen molar-refractivity contribution in [2.24, 2.45) is 0 Å². The number of amides is 1. The van der Waals surface area contributed by atoms with E-state index >= 15 is 0 Å². The largest absolute Gasteiger partial charge is 0.484 e. The van der Waals surface area contributed by atoms with E-state index in [9.17, 15) is 9.59 Å². The topological polar surface area (TPSA) is 62.7 Å². The lowest BCUT2D eigenvalue weighted by atomic mass is 10.1. The molecule has 0 saturated carbocycles. The molecule has 2 heterocycles. The number of piperazine rings is 1. The van der Waals surface area contributed by atoms with Crippen molar-refractivity contribution in [3.8, 4) is 5.75 Å². The van der Waals surface area contributed by atoms with Gasteiger partial charge in [0.1, 0.15) is 5.75 Å². The van der Waals surface area contributed by atoms with E-state index in [4.69, 9.17) is 4.74 Å². The number of nitrogens with zero attached hydrogens (tertiary/aromatic N) is 3. The monoisotopic (exact) mass is 345 g/mol. The van der Waals surface area contributed by atoms with E-state index in [-0.39, 0.29) is 18.3 Å². The predicted octanol–water partition coefficient (Wildman–Crippen LogP) is 2.07. The number of hydrogen-bond donors (Lipinski definition) is 0. The Kier molecular flexibility index (Phi) is 5.10. The first-order chi connectivity index (χ1) is 11.6. The molecular weight excluding hydrogens is 326 g/mol. The fourth-order valence-corrected chi connectivity index (χ4v) is 3.24. The number of ketones is 1. The van der Waals surface area contributed by atoms with Crippen LogP contribution in [0.15, 0.2) is 35.8 Å². The van der Waals surface area contributed by atoms with Crippen LogP contribution in [0.2, 0.25) is 0 Å². The highest BCUT2D eigenvalue weighted by atomic mass is 32.1. The molecule has 0 radical (unpaired) electrons. The molecule has 1 saturated heterocycles. The van der Waals surface area contributed by atoms with Gasteiger partial charge in [0.15, 0.2) is 17.5 Å². The molecule has 126 valence electrons. The molecule has 2 aromatic rings. The molecular formula is C17H19N3O3S. The molecule has 1 aromatic heterocycles. The molecule has 1 aliphatic rings. The average molecular weight is 345 g/mol. The van der Waals surface area contributed by atoms with Crippen molar-refractivity contribution >= 4 is 28.2 Å². The number of benzene rings is 1. The maximum Gasteiger partial charge on any atom is 0.260 e. The second-order valence-electron chi connectivity index (χ2n) is 5.55. The van der Waals surface area contributed by atoms with Crippen LogP contribution in [-0.2, 0) is 4.79 Å². The molecule has 24 heavy (non-hydrogen) atoms. The van der Waals surface area contributed by atoms with Gasteiger partial charge < -0.3 is 14.5 Å². The van der Waals surface area contributed by atoms with E-state index in [1.54, 1.807) is 41.8 Å². The summed E-state index contributed by atoms with van der Waals surface area (Å²) in [6, 6.07) is 6.83. The molecule has 1 fully saturated rings. The third-order valence-electron chi connectivity index (χ3n) is 3.95. The van der Waals surface area contributed by atoms with Gasteiger partial charge in [0.05, 0.1) is 0 Å². The molecule has 0 N–H and O–H groups in total. The SMILES string of the molecule is CC(=O)c1ccc(OCC(=O)N2CCN(c3nccs3)CC2)cc1. The average Bonchev–Trinajstić information content (AvgIpc) is 3.15. The molecule has 0 atom stereocenters. The summed E-state index contributed by atoms with van der Waals surface area (Å²) in [5.74, 6) is 0.579. The molecule has 1 aromatic carbocycles. The Bertz CT molecular complexity index is 692. The lowest BCUT2D eigenvalue weighted by molar-refractivity contribution is -0.133. The van der Waals surface area contributed by atoms with Gasteiger partial charge in [0.25, 0.3) is 5.91 Å².